The van der Waals surface area contributed by atoms with E-state index in [4.69, 9.17) is 4.74 Å². The molecule has 0 unspecified atom stereocenters. The minimum Gasteiger partial charge on any atom is -0.377 e. The quantitative estimate of drug-likeness (QED) is 0.621. The Balaban J connectivity index is 2.29. The van der Waals surface area contributed by atoms with Gasteiger partial charge in [-0.15, -0.1) is 0 Å². The Labute approximate surface area is 99.1 Å². The highest BCUT2D eigenvalue weighted by atomic mass is 16.5. The Hall–Kier alpha value is -1.08. The molecule has 0 aliphatic heterocycles. The van der Waals surface area contributed by atoms with Crippen LogP contribution < -0.4 is 0 Å². The Bertz CT molecular complexity index is 315. The van der Waals surface area contributed by atoms with Crippen molar-refractivity contribution < 1.29 is 4.74 Å². The fourth-order valence-electron chi connectivity index (χ4n) is 1.64. The van der Waals surface area contributed by atoms with Crippen LogP contribution in [-0.4, -0.2) is 6.61 Å². The van der Waals surface area contributed by atoms with Gasteiger partial charge in [-0.25, -0.2) is 0 Å². The number of benzene rings is 1. The van der Waals surface area contributed by atoms with E-state index >= 15 is 0 Å². The standard InChI is InChI=1S/C15H22O/c1-4-14-9-5-6-10-15(14)12-16-11-7-8-13(2)3/h4-6,9-10,13H,1,7-8,11-12H2,2-3H3. The normalized spacial score (nSPS) is 10.7. The maximum absolute atomic E-state index is 5.66. The van der Waals surface area contributed by atoms with Crippen LogP contribution in [0.2, 0.25) is 0 Å². The summed E-state index contributed by atoms with van der Waals surface area (Å²) < 4.78 is 5.66. The molecule has 16 heavy (non-hydrogen) atoms. The van der Waals surface area contributed by atoms with E-state index in [1.807, 2.05) is 18.2 Å². The van der Waals surface area contributed by atoms with Crippen molar-refractivity contribution >= 4 is 6.08 Å². The molecule has 1 rings (SSSR count). The van der Waals surface area contributed by atoms with Crippen molar-refractivity contribution in [2.75, 3.05) is 6.61 Å². The van der Waals surface area contributed by atoms with Crippen LogP contribution in [0.1, 0.15) is 37.8 Å². The second-order valence-electron chi connectivity index (χ2n) is 4.49. The van der Waals surface area contributed by atoms with Gasteiger partial charge in [0.15, 0.2) is 0 Å². The van der Waals surface area contributed by atoms with Gasteiger partial charge in [-0.1, -0.05) is 50.8 Å². The Kier molecular flexibility index (Phi) is 5.87. The van der Waals surface area contributed by atoms with Gasteiger partial charge in [-0.05, 0) is 29.9 Å². The smallest absolute Gasteiger partial charge is 0.0722 e. The predicted octanol–water partition coefficient (Wildman–Crippen LogP) is 4.28. The Morgan fingerprint density at radius 3 is 2.75 bits per heavy atom. The fourth-order valence-corrected chi connectivity index (χ4v) is 1.64. The molecule has 0 heterocycles. The van der Waals surface area contributed by atoms with E-state index in [9.17, 15) is 0 Å². The molecule has 0 radical (unpaired) electrons. The molecule has 0 aromatic heterocycles. The Morgan fingerprint density at radius 2 is 2.06 bits per heavy atom. The number of rotatable bonds is 7. The largest absolute Gasteiger partial charge is 0.377 e. The zero-order valence-corrected chi connectivity index (χ0v) is 10.4. The molecular formula is C15H22O. The van der Waals surface area contributed by atoms with Crippen molar-refractivity contribution in [1.82, 2.24) is 0 Å². The average Bonchev–Trinajstić information content (AvgIpc) is 2.29. The molecule has 0 fully saturated rings. The van der Waals surface area contributed by atoms with Crippen molar-refractivity contribution in [2.24, 2.45) is 5.92 Å². The lowest BCUT2D eigenvalue weighted by molar-refractivity contribution is 0.115. The van der Waals surface area contributed by atoms with Crippen LogP contribution in [0.15, 0.2) is 30.8 Å². The van der Waals surface area contributed by atoms with E-state index in [-0.39, 0.29) is 0 Å². The first kappa shape index (κ1) is 13.0. The van der Waals surface area contributed by atoms with Crippen LogP contribution in [0.25, 0.3) is 6.08 Å². The molecule has 1 nitrogen and oxygen atoms in total. The van der Waals surface area contributed by atoms with Gasteiger partial charge >= 0.3 is 0 Å². The molecule has 0 aliphatic rings. The van der Waals surface area contributed by atoms with Gasteiger partial charge in [-0.3, -0.25) is 0 Å². The molecular weight excluding hydrogens is 196 g/mol. The molecule has 0 amide bonds. The molecule has 0 spiro atoms. The molecule has 0 N–H and O–H groups in total. The summed E-state index contributed by atoms with van der Waals surface area (Å²) in [6.45, 7) is 9.84. The van der Waals surface area contributed by atoms with Crippen molar-refractivity contribution in [3.05, 3.63) is 42.0 Å². The first-order valence-electron chi connectivity index (χ1n) is 6.02. The van der Waals surface area contributed by atoms with Gasteiger partial charge in [0, 0.05) is 6.61 Å². The molecule has 1 heteroatoms. The molecule has 0 bridgehead atoms. The van der Waals surface area contributed by atoms with Gasteiger partial charge in [0.05, 0.1) is 6.61 Å². The van der Waals surface area contributed by atoms with Crippen molar-refractivity contribution in [1.29, 1.82) is 0 Å². The van der Waals surface area contributed by atoms with Gasteiger partial charge in [0.1, 0.15) is 0 Å². The molecule has 88 valence electrons. The molecule has 0 saturated heterocycles. The van der Waals surface area contributed by atoms with E-state index < -0.39 is 0 Å². The van der Waals surface area contributed by atoms with E-state index in [0.29, 0.717) is 6.61 Å². The highest BCUT2D eigenvalue weighted by Gasteiger charge is 1.98. The third-order valence-electron chi connectivity index (χ3n) is 2.60. The van der Waals surface area contributed by atoms with Crippen LogP contribution in [0, 0.1) is 5.92 Å². The minimum absolute atomic E-state index is 0.695. The van der Waals surface area contributed by atoms with Crippen LogP contribution in [-0.2, 0) is 11.3 Å². The van der Waals surface area contributed by atoms with Crippen molar-refractivity contribution in [3.8, 4) is 0 Å². The van der Waals surface area contributed by atoms with Gasteiger partial charge in [-0.2, -0.15) is 0 Å². The summed E-state index contributed by atoms with van der Waals surface area (Å²) in [7, 11) is 0. The average molecular weight is 218 g/mol. The second-order valence-corrected chi connectivity index (χ2v) is 4.49. The lowest BCUT2D eigenvalue weighted by Gasteiger charge is -2.08. The summed E-state index contributed by atoms with van der Waals surface area (Å²) in [5, 5.41) is 0. The van der Waals surface area contributed by atoms with E-state index in [0.717, 1.165) is 18.9 Å². The summed E-state index contributed by atoms with van der Waals surface area (Å²) >= 11 is 0. The van der Waals surface area contributed by atoms with Gasteiger partial charge in [0.25, 0.3) is 0 Å². The molecule has 0 saturated carbocycles. The fraction of sp³-hybridized carbons (Fsp3) is 0.467. The predicted molar refractivity (Wildman–Crippen MR) is 70.3 cm³/mol. The van der Waals surface area contributed by atoms with Crippen molar-refractivity contribution in [2.45, 2.75) is 33.3 Å². The van der Waals surface area contributed by atoms with Gasteiger partial charge < -0.3 is 4.74 Å². The summed E-state index contributed by atoms with van der Waals surface area (Å²) in [5.74, 6) is 0.768. The third-order valence-corrected chi connectivity index (χ3v) is 2.60. The molecule has 1 aromatic rings. The van der Waals surface area contributed by atoms with Gasteiger partial charge in [0.2, 0.25) is 0 Å². The highest BCUT2D eigenvalue weighted by molar-refractivity contribution is 5.51. The summed E-state index contributed by atoms with van der Waals surface area (Å²) in [5.41, 5.74) is 2.40. The Morgan fingerprint density at radius 1 is 1.31 bits per heavy atom. The molecule has 1 aromatic carbocycles. The second kappa shape index (κ2) is 7.24. The number of hydrogen-bond donors (Lipinski definition) is 0. The highest BCUT2D eigenvalue weighted by Crippen LogP contribution is 2.12. The first-order valence-corrected chi connectivity index (χ1v) is 6.02. The van der Waals surface area contributed by atoms with Crippen LogP contribution >= 0.6 is 0 Å². The van der Waals surface area contributed by atoms with Crippen LogP contribution in [0.5, 0.6) is 0 Å². The maximum atomic E-state index is 5.66. The summed E-state index contributed by atoms with van der Waals surface area (Å²) in [6.07, 6.45) is 4.27. The monoisotopic (exact) mass is 218 g/mol. The lowest BCUT2D eigenvalue weighted by atomic mass is 10.1. The number of ether oxygens (including phenoxy) is 1. The maximum Gasteiger partial charge on any atom is 0.0722 e. The molecule has 0 aliphatic carbocycles. The van der Waals surface area contributed by atoms with E-state index in [1.165, 1.54) is 17.5 Å². The summed E-state index contributed by atoms with van der Waals surface area (Å²) in [6, 6.07) is 8.23. The van der Waals surface area contributed by atoms with Crippen molar-refractivity contribution in [3.63, 3.8) is 0 Å². The minimum atomic E-state index is 0.695. The van der Waals surface area contributed by atoms with E-state index in [2.05, 4.69) is 32.6 Å². The lowest BCUT2D eigenvalue weighted by Crippen LogP contribution is -1.99. The SMILES string of the molecule is C=Cc1ccccc1COCCCC(C)C. The summed E-state index contributed by atoms with van der Waals surface area (Å²) in [4.78, 5) is 0. The molecule has 0 atom stereocenters. The zero-order chi connectivity index (χ0) is 11.8. The third kappa shape index (κ3) is 4.63. The van der Waals surface area contributed by atoms with Crippen LogP contribution in [0.4, 0.5) is 0 Å². The van der Waals surface area contributed by atoms with Crippen LogP contribution in [0.3, 0.4) is 0 Å². The first-order chi connectivity index (χ1) is 7.74. The topological polar surface area (TPSA) is 9.23 Å². The zero-order valence-electron chi connectivity index (χ0n) is 10.4. The number of hydrogen-bond acceptors (Lipinski definition) is 1. The van der Waals surface area contributed by atoms with E-state index in [1.54, 1.807) is 0 Å².